The van der Waals surface area contributed by atoms with Crippen LogP contribution in [0.5, 0.6) is 0 Å². The molecule has 0 amide bonds. The second-order valence-electron chi connectivity index (χ2n) is 5.49. The molecular weight excluding hydrogens is 176 g/mol. The Hall–Kier alpha value is -0.0800. The van der Waals surface area contributed by atoms with Crippen molar-refractivity contribution >= 4 is 0 Å². The maximum Gasteiger partial charge on any atom is 0.0728 e. The van der Waals surface area contributed by atoms with Gasteiger partial charge in [-0.2, -0.15) is 0 Å². The van der Waals surface area contributed by atoms with Crippen molar-refractivity contribution in [2.45, 2.75) is 44.1 Å². The van der Waals surface area contributed by atoms with Crippen LogP contribution in [0.4, 0.5) is 0 Å². The summed E-state index contributed by atoms with van der Waals surface area (Å²) in [5.41, 5.74) is -0.344. The average molecular weight is 196 g/mol. The van der Waals surface area contributed by atoms with Gasteiger partial charge >= 0.3 is 0 Å². The predicted molar refractivity (Wildman–Crippen MR) is 53.9 cm³/mol. The van der Waals surface area contributed by atoms with Gasteiger partial charge in [0.05, 0.1) is 12.2 Å². The van der Waals surface area contributed by atoms with Crippen LogP contribution in [0.3, 0.4) is 0 Å². The molecule has 2 nitrogen and oxygen atoms in total. The lowest BCUT2D eigenvalue weighted by molar-refractivity contribution is -0.109. The molecule has 0 aromatic carbocycles. The molecule has 0 radical (unpaired) electrons. The zero-order valence-corrected chi connectivity index (χ0v) is 8.74. The topological polar surface area (TPSA) is 29.5 Å². The molecule has 2 aliphatic carbocycles. The number of aliphatic hydroxyl groups is 1. The molecule has 3 aliphatic rings. The molecule has 3 fully saturated rings. The van der Waals surface area contributed by atoms with Gasteiger partial charge in [-0.3, -0.25) is 0 Å². The van der Waals surface area contributed by atoms with Crippen molar-refractivity contribution in [2.24, 2.45) is 17.8 Å². The van der Waals surface area contributed by atoms with E-state index in [9.17, 15) is 5.11 Å². The highest BCUT2D eigenvalue weighted by atomic mass is 16.5. The average Bonchev–Trinajstić information content (AvgIpc) is 2.79. The Morgan fingerprint density at radius 1 is 1.14 bits per heavy atom. The van der Waals surface area contributed by atoms with Gasteiger partial charge in [0.15, 0.2) is 0 Å². The standard InChI is InChI=1S/C12H20O2/c13-12(11-2-1-5-14-8-11)7-9-3-4-10(12)6-9/h9-11,13H,1-8H2. The second-order valence-corrected chi connectivity index (χ2v) is 5.49. The van der Waals surface area contributed by atoms with Crippen LogP contribution in [-0.2, 0) is 4.74 Å². The molecule has 0 aromatic heterocycles. The summed E-state index contributed by atoms with van der Waals surface area (Å²) in [6.07, 6.45) is 7.29. The van der Waals surface area contributed by atoms with Crippen LogP contribution in [0.25, 0.3) is 0 Å². The van der Waals surface area contributed by atoms with Crippen LogP contribution >= 0.6 is 0 Å². The third kappa shape index (κ3) is 1.24. The van der Waals surface area contributed by atoms with Crippen LogP contribution < -0.4 is 0 Å². The molecule has 1 N–H and O–H groups in total. The molecular formula is C12H20O2. The highest BCUT2D eigenvalue weighted by Gasteiger charge is 2.53. The SMILES string of the molecule is OC1(C2CCCOC2)CC2CCC1C2. The molecule has 80 valence electrons. The van der Waals surface area contributed by atoms with Crippen molar-refractivity contribution in [3.63, 3.8) is 0 Å². The number of ether oxygens (including phenoxy) is 1. The van der Waals surface area contributed by atoms with E-state index >= 15 is 0 Å². The third-order valence-electron chi connectivity index (χ3n) is 4.73. The zero-order chi connectivity index (χ0) is 9.60. The van der Waals surface area contributed by atoms with Gasteiger partial charge in [0.1, 0.15) is 0 Å². The lowest BCUT2D eigenvalue weighted by Crippen LogP contribution is -2.46. The molecule has 2 saturated carbocycles. The van der Waals surface area contributed by atoms with Crippen molar-refractivity contribution < 1.29 is 9.84 Å². The molecule has 1 saturated heterocycles. The van der Waals surface area contributed by atoms with Gasteiger partial charge in [-0.05, 0) is 50.4 Å². The van der Waals surface area contributed by atoms with E-state index in [1.54, 1.807) is 0 Å². The molecule has 0 aromatic rings. The summed E-state index contributed by atoms with van der Waals surface area (Å²) in [5, 5.41) is 10.7. The lowest BCUT2D eigenvalue weighted by atomic mass is 9.73. The van der Waals surface area contributed by atoms with Gasteiger partial charge in [-0.25, -0.2) is 0 Å². The van der Waals surface area contributed by atoms with Gasteiger partial charge in [-0.15, -0.1) is 0 Å². The maximum atomic E-state index is 10.7. The summed E-state index contributed by atoms with van der Waals surface area (Å²) in [7, 11) is 0. The van der Waals surface area contributed by atoms with E-state index in [2.05, 4.69) is 0 Å². The first kappa shape index (κ1) is 9.17. The molecule has 1 aliphatic heterocycles. The number of fused-ring (bicyclic) bond motifs is 2. The van der Waals surface area contributed by atoms with Gasteiger partial charge in [0.2, 0.25) is 0 Å². The molecule has 2 heteroatoms. The van der Waals surface area contributed by atoms with Gasteiger partial charge < -0.3 is 9.84 Å². The summed E-state index contributed by atoms with van der Waals surface area (Å²) in [4.78, 5) is 0. The van der Waals surface area contributed by atoms with E-state index in [-0.39, 0.29) is 5.60 Å². The largest absolute Gasteiger partial charge is 0.389 e. The molecule has 2 bridgehead atoms. The Balaban J connectivity index is 1.75. The maximum absolute atomic E-state index is 10.7. The highest BCUT2D eigenvalue weighted by Crippen LogP contribution is 2.54. The first-order valence-corrected chi connectivity index (χ1v) is 6.09. The minimum Gasteiger partial charge on any atom is -0.389 e. The fourth-order valence-corrected chi connectivity index (χ4v) is 3.98. The highest BCUT2D eigenvalue weighted by molar-refractivity contribution is 5.04. The molecule has 14 heavy (non-hydrogen) atoms. The first-order chi connectivity index (χ1) is 6.79. The Morgan fingerprint density at radius 3 is 2.64 bits per heavy atom. The first-order valence-electron chi connectivity index (χ1n) is 6.09. The quantitative estimate of drug-likeness (QED) is 0.694. The van der Waals surface area contributed by atoms with Gasteiger partial charge in [-0.1, -0.05) is 0 Å². The summed E-state index contributed by atoms with van der Waals surface area (Å²) in [6, 6.07) is 0. The van der Waals surface area contributed by atoms with E-state index in [1.165, 1.54) is 25.7 Å². The van der Waals surface area contributed by atoms with Crippen LogP contribution in [0.1, 0.15) is 38.5 Å². The fraction of sp³-hybridized carbons (Fsp3) is 1.00. The Morgan fingerprint density at radius 2 is 2.07 bits per heavy atom. The summed E-state index contributed by atoms with van der Waals surface area (Å²) < 4.78 is 5.51. The number of hydrogen-bond donors (Lipinski definition) is 1. The summed E-state index contributed by atoms with van der Waals surface area (Å²) >= 11 is 0. The molecule has 1 heterocycles. The Kier molecular flexibility index (Phi) is 2.10. The zero-order valence-electron chi connectivity index (χ0n) is 8.74. The van der Waals surface area contributed by atoms with Crippen LogP contribution in [0, 0.1) is 17.8 Å². The van der Waals surface area contributed by atoms with E-state index in [0.717, 1.165) is 32.0 Å². The predicted octanol–water partition coefficient (Wildman–Crippen LogP) is 1.96. The Labute approximate surface area is 85.6 Å². The van der Waals surface area contributed by atoms with E-state index in [0.29, 0.717) is 11.8 Å². The molecule has 0 spiro atoms. The number of rotatable bonds is 1. The smallest absolute Gasteiger partial charge is 0.0728 e. The van der Waals surface area contributed by atoms with Gasteiger partial charge in [0.25, 0.3) is 0 Å². The van der Waals surface area contributed by atoms with E-state index < -0.39 is 0 Å². The third-order valence-corrected chi connectivity index (χ3v) is 4.73. The van der Waals surface area contributed by atoms with Crippen molar-refractivity contribution in [3.8, 4) is 0 Å². The van der Waals surface area contributed by atoms with E-state index in [1.807, 2.05) is 0 Å². The lowest BCUT2D eigenvalue weighted by Gasteiger charge is -2.41. The van der Waals surface area contributed by atoms with Crippen LogP contribution in [-0.4, -0.2) is 23.9 Å². The fourth-order valence-electron chi connectivity index (χ4n) is 3.98. The van der Waals surface area contributed by atoms with Crippen molar-refractivity contribution in [1.29, 1.82) is 0 Å². The van der Waals surface area contributed by atoms with Crippen LogP contribution in [0.15, 0.2) is 0 Å². The second kappa shape index (κ2) is 3.21. The van der Waals surface area contributed by atoms with E-state index in [4.69, 9.17) is 4.74 Å². The van der Waals surface area contributed by atoms with Gasteiger partial charge in [0, 0.05) is 12.5 Å². The summed E-state index contributed by atoms with van der Waals surface area (Å²) in [6.45, 7) is 1.71. The van der Waals surface area contributed by atoms with Crippen molar-refractivity contribution in [3.05, 3.63) is 0 Å². The van der Waals surface area contributed by atoms with Crippen molar-refractivity contribution in [2.75, 3.05) is 13.2 Å². The normalized spacial score (nSPS) is 52.5. The van der Waals surface area contributed by atoms with Crippen LogP contribution in [0.2, 0.25) is 0 Å². The summed E-state index contributed by atoms with van der Waals surface area (Å²) in [5.74, 6) is 1.86. The van der Waals surface area contributed by atoms with Crippen molar-refractivity contribution in [1.82, 2.24) is 0 Å². The minimum atomic E-state index is -0.344. The number of hydrogen-bond acceptors (Lipinski definition) is 2. The molecule has 4 unspecified atom stereocenters. The minimum absolute atomic E-state index is 0.344. The monoisotopic (exact) mass is 196 g/mol. The molecule has 4 atom stereocenters. The Bertz CT molecular complexity index is 222. The molecule has 3 rings (SSSR count).